The van der Waals surface area contributed by atoms with Crippen LogP contribution in [0.1, 0.15) is 20.3 Å². The fourth-order valence-corrected chi connectivity index (χ4v) is 2.75. The molecule has 1 aliphatic heterocycles. The average Bonchev–Trinajstić information content (AvgIpc) is 2.48. The first-order valence-corrected chi connectivity index (χ1v) is 7.96. The first-order chi connectivity index (χ1) is 9.60. The van der Waals surface area contributed by atoms with Gasteiger partial charge in [-0.05, 0) is 30.2 Å². The number of rotatable bonds is 5. The minimum atomic E-state index is 0.294. The third-order valence-corrected chi connectivity index (χ3v) is 4.66. The van der Waals surface area contributed by atoms with Crippen LogP contribution < -0.4 is 10.6 Å². The largest absolute Gasteiger partial charge is 0.369 e. The highest BCUT2D eigenvalue weighted by atomic mass is 35.5. The highest BCUT2D eigenvalue weighted by Crippen LogP contribution is 2.19. The van der Waals surface area contributed by atoms with Crippen molar-refractivity contribution < 1.29 is 0 Å². The number of nitrogens with zero attached hydrogens (tertiary/aromatic N) is 2. The van der Waals surface area contributed by atoms with Crippen molar-refractivity contribution in [3.63, 3.8) is 0 Å². The quantitative estimate of drug-likeness (QED) is 0.907. The van der Waals surface area contributed by atoms with Gasteiger partial charge in [0.05, 0.1) is 0 Å². The van der Waals surface area contributed by atoms with Gasteiger partial charge in [0.25, 0.3) is 0 Å². The van der Waals surface area contributed by atoms with Crippen LogP contribution in [0.5, 0.6) is 0 Å². The number of hydrogen-bond acceptors (Lipinski definition) is 3. The lowest BCUT2D eigenvalue weighted by atomic mass is 9.99. The first-order valence-electron chi connectivity index (χ1n) is 7.58. The summed E-state index contributed by atoms with van der Waals surface area (Å²) in [7, 11) is 0. The van der Waals surface area contributed by atoms with E-state index in [0.29, 0.717) is 12.0 Å². The lowest BCUT2D eigenvalue weighted by molar-refractivity contribution is 0.220. The normalized spacial score (nSPS) is 19.9. The summed E-state index contributed by atoms with van der Waals surface area (Å²) >= 11 is 5.93. The van der Waals surface area contributed by atoms with Crippen LogP contribution in [0.2, 0.25) is 5.02 Å². The Kier molecular flexibility index (Phi) is 5.70. The zero-order chi connectivity index (χ0) is 14.5. The minimum absolute atomic E-state index is 0.294. The molecule has 0 bridgehead atoms. The molecular weight excluding hydrogens is 270 g/mol. The third kappa shape index (κ3) is 4.11. The van der Waals surface area contributed by atoms with E-state index in [1.165, 1.54) is 5.69 Å². The van der Waals surface area contributed by atoms with Crippen LogP contribution in [0.15, 0.2) is 24.3 Å². The Bertz CT molecular complexity index is 399. The van der Waals surface area contributed by atoms with Crippen molar-refractivity contribution in [2.24, 2.45) is 11.7 Å². The first kappa shape index (κ1) is 15.6. The lowest BCUT2D eigenvalue weighted by Crippen LogP contribution is -2.51. The summed E-state index contributed by atoms with van der Waals surface area (Å²) in [5, 5.41) is 0.798. The Labute approximate surface area is 127 Å². The van der Waals surface area contributed by atoms with Crippen molar-refractivity contribution in [2.75, 3.05) is 37.6 Å². The van der Waals surface area contributed by atoms with E-state index in [1.807, 2.05) is 12.1 Å². The summed E-state index contributed by atoms with van der Waals surface area (Å²) in [6.45, 7) is 9.78. The Morgan fingerprint density at radius 2 is 1.75 bits per heavy atom. The molecule has 2 unspecified atom stereocenters. The van der Waals surface area contributed by atoms with Crippen LogP contribution in [-0.2, 0) is 0 Å². The van der Waals surface area contributed by atoms with Gasteiger partial charge in [-0.2, -0.15) is 0 Å². The topological polar surface area (TPSA) is 32.5 Å². The molecule has 1 fully saturated rings. The molecule has 0 radical (unpaired) electrons. The second-order valence-electron chi connectivity index (χ2n) is 5.81. The molecule has 112 valence electrons. The SMILES string of the molecule is CCC(C)C(N)CN1CCN(c2ccc(Cl)cc2)CC1. The molecule has 3 nitrogen and oxygen atoms in total. The van der Waals surface area contributed by atoms with Crippen LogP contribution in [0.25, 0.3) is 0 Å². The van der Waals surface area contributed by atoms with Crippen molar-refractivity contribution in [2.45, 2.75) is 26.3 Å². The van der Waals surface area contributed by atoms with Crippen molar-refractivity contribution >= 4 is 17.3 Å². The van der Waals surface area contributed by atoms with Crippen LogP contribution in [-0.4, -0.2) is 43.7 Å². The van der Waals surface area contributed by atoms with E-state index in [1.54, 1.807) is 0 Å². The zero-order valence-corrected chi connectivity index (χ0v) is 13.3. The fraction of sp³-hybridized carbons (Fsp3) is 0.625. The molecule has 1 aromatic carbocycles. The Morgan fingerprint density at radius 3 is 2.30 bits per heavy atom. The van der Waals surface area contributed by atoms with Crippen LogP contribution in [0, 0.1) is 5.92 Å². The van der Waals surface area contributed by atoms with Crippen molar-refractivity contribution in [1.82, 2.24) is 4.90 Å². The summed E-state index contributed by atoms with van der Waals surface area (Å²) < 4.78 is 0. The molecule has 0 aliphatic carbocycles. The molecule has 0 amide bonds. The number of anilines is 1. The summed E-state index contributed by atoms with van der Waals surface area (Å²) in [6.07, 6.45) is 1.16. The summed E-state index contributed by atoms with van der Waals surface area (Å²) in [5.41, 5.74) is 7.52. The molecule has 4 heteroatoms. The van der Waals surface area contributed by atoms with Gasteiger partial charge in [0, 0.05) is 49.5 Å². The molecule has 1 aromatic rings. The maximum absolute atomic E-state index is 6.25. The van der Waals surface area contributed by atoms with Gasteiger partial charge in [-0.1, -0.05) is 31.9 Å². The van der Waals surface area contributed by atoms with E-state index in [9.17, 15) is 0 Å². The number of nitrogens with two attached hydrogens (primary N) is 1. The van der Waals surface area contributed by atoms with E-state index in [-0.39, 0.29) is 0 Å². The summed E-state index contributed by atoms with van der Waals surface area (Å²) in [4.78, 5) is 4.91. The molecule has 2 rings (SSSR count). The average molecular weight is 296 g/mol. The molecule has 1 aliphatic rings. The molecule has 0 saturated carbocycles. The lowest BCUT2D eigenvalue weighted by Gasteiger charge is -2.37. The van der Waals surface area contributed by atoms with Gasteiger partial charge in [0.15, 0.2) is 0 Å². The van der Waals surface area contributed by atoms with Gasteiger partial charge >= 0.3 is 0 Å². The predicted molar refractivity (Wildman–Crippen MR) is 87.5 cm³/mol. The second-order valence-corrected chi connectivity index (χ2v) is 6.25. The molecule has 0 aromatic heterocycles. The van der Waals surface area contributed by atoms with Crippen molar-refractivity contribution in [3.8, 4) is 0 Å². The van der Waals surface area contributed by atoms with E-state index < -0.39 is 0 Å². The van der Waals surface area contributed by atoms with E-state index in [0.717, 1.165) is 44.2 Å². The van der Waals surface area contributed by atoms with Gasteiger partial charge in [-0.3, -0.25) is 4.90 Å². The van der Waals surface area contributed by atoms with Crippen molar-refractivity contribution in [1.29, 1.82) is 0 Å². The summed E-state index contributed by atoms with van der Waals surface area (Å²) in [5.74, 6) is 0.601. The van der Waals surface area contributed by atoms with Gasteiger partial charge in [-0.15, -0.1) is 0 Å². The number of halogens is 1. The molecule has 20 heavy (non-hydrogen) atoms. The van der Waals surface area contributed by atoms with Crippen LogP contribution >= 0.6 is 11.6 Å². The highest BCUT2D eigenvalue weighted by molar-refractivity contribution is 6.30. The summed E-state index contributed by atoms with van der Waals surface area (Å²) in [6, 6.07) is 8.41. The van der Waals surface area contributed by atoms with Gasteiger partial charge in [-0.25, -0.2) is 0 Å². The molecule has 1 saturated heterocycles. The number of piperazine rings is 1. The van der Waals surface area contributed by atoms with E-state index in [4.69, 9.17) is 17.3 Å². The van der Waals surface area contributed by atoms with Gasteiger partial charge in [0.1, 0.15) is 0 Å². The number of hydrogen-bond donors (Lipinski definition) is 1. The molecule has 0 spiro atoms. The van der Waals surface area contributed by atoms with E-state index in [2.05, 4.69) is 35.8 Å². The molecule has 2 N–H and O–H groups in total. The molecule has 1 heterocycles. The van der Waals surface area contributed by atoms with Crippen LogP contribution in [0.3, 0.4) is 0 Å². The number of benzene rings is 1. The van der Waals surface area contributed by atoms with Gasteiger partial charge in [0.2, 0.25) is 0 Å². The molecule has 2 atom stereocenters. The Balaban J connectivity index is 1.82. The molecular formula is C16H26ClN3. The van der Waals surface area contributed by atoms with Crippen molar-refractivity contribution in [3.05, 3.63) is 29.3 Å². The maximum atomic E-state index is 6.25. The maximum Gasteiger partial charge on any atom is 0.0407 e. The fourth-order valence-electron chi connectivity index (χ4n) is 2.62. The monoisotopic (exact) mass is 295 g/mol. The van der Waals surface area contributed by atoms with E-state index >= 15 is 0 Å². The zero-order valence-electron chi connectivity index (χ0n) is 12.6. The smallest absolute Gasteiger partial charge is 0.0407 e. The third-order valence-electron chi connectivity index (χ3n) is 4.41. The predicted octanol–water partition coefficient (Wildman–Crippen LogP) is 2.84. The van der Waals surface area contributed by atoms with Crippen LogP contribution in [0.4, 0.5) is 5.69 Å². The van der Waals surface area contributed by atoms with Gasteiger partial charge < -0.3 is 10.6 Å². The Hall–Kier alpha value is -0.770. The minimum Gasteiger partial charge on any atom is -0.369 e. The standard InChI is InChI=1S/C16H26ClN3/c1-3-13(2)16(18)12-19-8-10-20(11-9-19)15-6-4-14(17)5-7-15/h4-7,13,16H,3,8-12,18H2,1-2H3. The Morgan fingerprint density at radius 1 is 1.15 bits per heavy atom. The highest BCUT2D eigenvalue weighted by Gasteiger charge is 2.20. The second kappa shape index (κ2) is 7.30.